The van der Waals surface area contributed by atoms with Crippen molar-refractivity contribution in [1.29, 1.82) is 0 Å². The van der Waals surface area contributed by atoms with Gasteiger partial charge in [0.1, 0.15) is 17.7 Å². The van der Waals surface area contributed by atoms with Crippen LogP contribution in [0.3, 0.4) is 0 Å². The van der Waals surface area contributed by atoms with Crippen LogP contribution in [0.25, 0.3) is 0 Å². The van der Waals surface area contributed by atoms with Gasteiger partial charge in [0.15, 0.2) is 6.10 Å². The summed E-state index contributed by atoms with van der Waals surface area (Å²) in [5.41, 5.74) is -0.452. The van der Waals surface area contributed by atoms with Crippen LogP contribution in [0.1, 0.15) is 11.7 Å². The molecule has 2 atom stereocenters. The highest BCUT2D eigenvalue weighted by atomic mass is 19.3. The molecule has 0 aromatic heterocycles. The van der Waals surface area contributed by atoms with Crippen molar-refractivity contribution in [2.24, 2.45) is 0 Å². The summed E-state index contributed by atoms with van der Waals surface area (Å²) in [6.45, 7) is -3.28. The minimum Gasteiger partial charge on any atom is -0.479 e. The van der Waals surface area contributed by atoms with Gasteiger partial charge in [-0.2, -0.15) is 8.78 Å². The van der Waals surface area contributed by atoms with E-state index < -0.39 is 41.9 Å². The van der Waals surface area contributed by atoms with E-state index in [4.69, 9.17) is 10.2 Å². The molecule has 0 spiro atoms. The molecular weight excluding hydrogens is 257 g/mol. The SMILES string of the molecule is O=C(O)C(O)C(O)c1ccc(F)cc1OC(F)F. The van der Waals surface area contributed by atoms with Crippen LogP contribution in [-0.4, -0.2) is 34.0 Å². The number of aliphatic hydroxyl groups is 2. The summed E-state index contributed by atoms with van der Waals surface area (Å²) in [7, 11) is 0. The van der Waals surface area contributed by atoms with Gasteiger partial charge in [-0.25, -0.2) is 9.18 Å². The molecule has 100 valence electrons. The highest BCUT2D eigenvalue weighted by molar-refractivity contribution is 5.73. The third kappa shape index (κ3) is 3.34. The molecule has 1 aromatic carbocycles. The van der Waals surface area contributed by atoms with E-state index in [-0.39, 0.29) is 0 Å². The van der Waals surface area contributed by atoms with E-state index in [1.807, 2.05) is 0 Å². The van der Waals surface area contributed by atoms with Gasteiger partial charge in [-0.05, 0) is 12.1 Å². The molecule has 0 saturated heterocycles. The highest BCUT2D eigenvalue weighted by Crippen LogP contribution is 2.29. The summed E-state index contributed by atoms with van der Waals surface area (Å²) in [5.74, 6) is -3.40. The minimum absolute atomic E-state index is 0.452. The zero-order valence-electron chi connectivity index (χ0n) is 8.76. The van der Waals surface area contributed by atoms with Crippen LogP contribution in [0.15, 0.2) is 18.2 Å². The topological polar surface area (TPSA) is 87.0 Å². The van der Waals surface area contributed by atoms with Crippen LogP contribution in [-0.2, 0) is 4.79 Å². The van der Waals surface area contributed by atoms with E-state index in [9.17, 15) is 23.1 Å². The lowest BCUT2D eigenvalue weighted by Crippen LogP contribution is -2.28. The number of benzene rings is 1. The van der Waals surface area contributed by atoms with Crippen molar-refractivity contribution in [3.8, 4) is 5.75 Å². The van der Waals surface area contributed by atoms with Gasteiger partial charge in [0.2, 0.25) is 0 Å². The van der Waals surface area contributed by atoms with Crippen LogP contribution >= 0.6 is 0 Å². The third-order valence-electron chi connectivity index (χ3n) is 2.06. The Kier molecular flexibility index (Phi) is 4.51. The highest BCUT2D eigenvalue weighted by Gasteiger charge is 2.28. The quantitative estimate of drug-likeness (QED) is 0.737. The molecule has 0 amide bonds. The molecule has 0 aliphatic rings. The van der Waals surface area contributed by atoms with Gasteiger partial charge in [-0.15, -0.1) is 0 Å². The van der Waals surface area contributed by atoms with E-state index in [1.54, 1.807) is 0 Å². The lowest BCUT2D eigenvalue weighted by Gasteiger charge is -2.18. The lowest BCUT2D eigenvalue weighted by atomic mass is 10.0. The van der Waals surface area contributed by atoms with Gasteiger partial charge in [-0.1, -0.05) is 0 Å². The van der Waals surface area contributed by atoms with E-state index in [0.29, 0.717) is 6.07 Å². The van der Waals surface area contributed by atoms with Crippen molar-refractivity contribution < 1.29 is 38.0 Å². The number of aliphatic hydroxyl groups excluding tert-OH is 2. The van der Waals surface area contributed by atoms with Crippen LogP contribution in [0.5, 0.6) is 5.75 Å². The zero-order chi connectivity index (χ0) is 13.9. The number of aliphatic carboxylic acids is 1. The first kappa shape index (κ1) is 14.3. The minimum atomic E-state index is -3.28. The van der Waals surface area contributed by atoms with E-state index >= 15 is 0 Å². The zero-order valence-corrected chi connectivity index (χ0v) is 8.76. The van der Waals surface area contributed by atoms with Crippen molar-refractivity contribution >= 4 is 5.97 Å². The molecule has 8 heteroatoms. The molecule has 0 fully saturated rings. The molecule has 1 rings (SSSR count). The number of ether oxygens (including phenoxy) is 1. The molecule has 0 saturated carbocycles. The van der Waals surface area contributed by atoms with Crippen molar-refractivity contribution in [3.05, 3.63) is 29.6 Å². The van der Waals surface area contributed by atoms with Crippen LogP contribution in [0, 0.1) is 5.82 Å². The number of hydrogen-bond acceptors (Lipinski definition) is 4. The van der Waals surface area contributed by atoms with Crippen molar-refractivity contribution in [3.63, 3.8) is 0 Å². The third-order valence-corrected chi connectivity index (χ3v) is 2.06. The Balaban J connectivity index is 3.10. The Labute approximate surface area is 99.0 Å². The number of hydrogen-bond donors (Lipinski definition) is 3. The summed E-state index contributed by atoms with van der Waals surface area (Å²) < 4.78 is 40.9. The molecule has 3 N–H and O–H groups in total. The maximum Gasteiger partial charge on any atom is 0.387 e. The second kappa shape index (κ2) is 5.69. The predicted molar refractivity (Wildman–Crippen MR) is 51.6 cm³/mol. The summed E-state index contributed by atoms with van der Waals surface area (Å²) in [4.78, 5) is 10.4. The van der Waals surface area contributed by atoms with Crippen molar-refractivity contribution in [2.45, 2.75) is 18.8 Å². The Morgan fingerprint density at radius 3 is 2.39 bits per heavy atom. The maximum absolute atomic E-state index is 12.8. The van der Waals surface area contributed by atoms with Crippen LogP contribution in [0.4, 0.5) is 13.2 Å². The van der Waals surface area contributed by atoms with E-state index in [2.05, 4.69) is 4.74 Å². The molecule has 5 nitrogen and oxygen atoms in total. The van der Waals surface area contributed by atoms with Crippen LogP contribution in [0.2, 0.25) is 0 Å². The summed E-state index contributed by atoms with van der Waals surface area (Å²) >= 11 is 0. The van der Waals surface area contributed by atoms with E-state index in [0.717, 1.165) is 12.1 Å². The standard InChI is InChI=1S/C10H9F3O5/c11-4-1-2-5(6(3-4)18-10(12)13)7(14)8(15)9(16)17/h1-3,7-8,10,14-15H,(H,16,17). The van der Waals surface area contributed by atoms with Gasteiger partial charge < -0.3 is 20.1 Å². The Hall–Kier alpha value is -1.80. The van der Waals surface area contributed by atoms with Gasteiger partial charge in [0.25, 0.3) is 0 Å². The molecule has 1 aromatic rings. The lowest BCUT2D eigenvalue weighted by molar-refractivity contribution is -0.153. The first-order valence-corrected chi connectivity index (χ1v) is 4.66. The molecule has 18 heavy (non-hydrogen) atoms. The second-order valence-corrected chi connectivity index (χ2v) is 3.29. The van der Waals surface area contributed by atoms with E-state index in [1.165, 1.54) is 0 Å². The van der Waals surface area contributed by atoms with Gasteiger partial charge >= 0.3 is 12.6 Å². The average Bonchev–Trinajstić information content (AvgIpc) is 2.26. The smallest absolute Gasteiger partial charge is 0.387 e. The summed E-state index contributed by atoms with van der Waals surface area (Å²) in [6, 6.07) is 2.22. The van der Waals surface area contributed by atoms with Gasteiger partial charge in [0.05, 0.1) is 0 Å². The molecule has 0 heterocycles. The Bertz CT molecular complexity index is 438. The maximum atomic E-state index is 12.8. The first-order valence-electron chi connectivity index (χ1n) is 4.66. The number of carboxylic acid groups (broad SMARTS) is 1. The number of carbonyl (C=O) groups is 1. The molecule has 0 aliphatic heterocycles. The predicted octanol–water partition coefficient (Wildman–Crippen LogP) is 0.906. The monoisotopic (exact) mass is 266 g/mol. The average molecular weight is 266 g/mol. The second-order valence-electron chi connectivity index (χ2n) is 3.29. The number of rotatable bonds is 5. The molecule has 0 bridgehead atoms. The fourth-order valence-electron chi connectivity index (χ4n) is 1.26. The fraction of sp³-hybridized carbons (Fsp3) is 0.300. The Morgan fingerprint density at radius 1 is 1.28 bits per heavy atom. The van der Waals surface area contributed by atoms with Crippen LogP contribution < -0.4 is 4.74 Å². The number of alkyl halides is 2. The fourth-order valence-corrected chi connectivity index (χ4v) is 1.26. The largest absolute Gasteiger partial charge is 0.479 e. The molecular formula is C10H9F3O5. The first-order chi connectivity index (χ1) is 8.32. The molecule has 2 unspecified atom stereocenters. The molecule has 0 aliphatic carbocycles. The van der Waals surface area contributed by atoms with Crippen molar-refractivity contribution in [1.82, 2.24) is 0 Å². The van der Waals surface area contributed by atoms with Crippen molar-refractivity contribution in [2.75, 3.05) is 0 Å². The number of carboxylic acids is 1. The normalized spacial score (nSPS) is 14.3. The van der Waals surface area contributed by atoms with Gasteiger partial charge in [-0.3, -0.25) is 0 Å². The summed E-state index contributed by atoms with van der Waals surface area (Å²) in [6.07, 6.45) is -4.26. The number of halogens is 3. The van der Waals surface area contributed by atoms with Gasteiger partial charge in [0, 0.05) is 11.6 Å². The molecule has 0 radical (unpaired) electrons. The summed E-state index contributed by atoms with van der Waals surface area (Å²) in [5, 5.41) is 27.0. The Morgan fingerprint density at radius 2 is 1.89 bits per heavy atom.